The third kappa shape index (κ3) is 1.86. The molecule has 2 aromatic rings. The van der Waals surface area contributed by atoms with E-state index in [0.717, 1.165) is 10.2 Å². The average molecular weight is 309 g/mol. The van der Waals surface area contributed by atoms with Gasteiger partial charge in [0.25, 0.3) is 0 Å². The van der Waals surface area contributed by atoms with Crippen LogP contribution in [0.5, 0.6) is 0 Å². The summed E-state index contributed by atoms with van der Waals surface area (Å²) in [7, 11) is 0. The van der Waals surface area contributed by atoms with Crippen LogP contribution in [0.15, 0.2) is 10.5 Å². The summed E-state index contributed by atoms with van der Waals surface area (Å²) in [5.74, 6) is 0.302. The molecule has 0 spiro atoms. The van der Waals surface area contributed by atoms with Gasteiger partial charge in [-0.2, -0.15) is 5.10 Å². The molecule has 0 aliphatic carbocycles. The second kappa shape index (κ2) is 3.92. The topological polar surface area (TPSA) is 30.2 Å². The van der Waals surface area contributed by atoms with E-state index in [-0.39, 0.29) is 0 Å². The summed E-state index contributed by atoms with van der Waals surface area (Å²) in [6.07, 6.45) is 0. The van der Waals surface area contributed by atoms with Gasteiger partial charge >= 0.3 is 0 Å². The van der Waals surface area contributed by atoms with E-state index in [1.807, 2.05) is 0 Å². The minimum Gasteiger partial charge on any atom is -0.216 e. The second-order valence-corrected chi connectivity index (χ2v) is 5.06. The molecule has 2 heterocycles. The van der Waals surface area contributed by atoms with Gasteiger partial charge in [0.05, 0.1) is 10.2 Å². The third-order valence-electron chi connectivity index (χ3n) is 2.03. The Morgan fingerprint density at radius 3 is 2.67 bits per heavy atom. The van der Waals surface area contributed by atoms with Crippen LogP contribution >= 0.6 is 39.1 Å². The molecule has 0 bridgehead atoms. The molecule has 6 heteroatoms. The predicted molar refractivity (Wildman–Crippen MR) is 64.8 cm³/mol. The van der Waals surface area contributed by atoms with E-state index in [9.17, 15) is 0 Å². The van der Waals surface area contributed by atoms with Crippen molar-refractivity contribution in [2.75, 3.05) is 0 Å². The van der Waals surface area contributed by atoms with Crippen LogP contribution in [-0.4, -0.2) is 14.6 Å². The smallest absolute Gasteiger partial charge is 0.172 e. The molecule has 0 aromatic carbocycles. The summed E-state index contributed by atoms with van der Waals surface area (Å²) in [5.41, 5.74) is 1.57. The maximum atomic E-state index is 6.01. The predicted octanol–water partition coefficient (Wildman–Crippen LogP) is 3.92. The molecule has 0 saturated carbocycles. The van der Waals surface area contributed by atoms with Gasteiger partial charge in [-0.25, -0.2) is 9.50 Å². The van der Waals surface area contributed by atoms with Gasteiger partial charge in [0, 0.05) is 6.07 Å². The quantitative estimate of drug-likeness (QED) is 0.747. The molecule has 0 fully saturated rings. The summed E-state index contributed by atoms with van der Waals surface area (Å²) in [6, 6.07) is 1.57. The first kappa shape index (κ1) is 11.2. The van der Waals surface area contributed by atoms with Crippen molar-refractivity contribution in [1.29, 1.82) is 0 Å². The average Bonchev–Trinajstić information content (AvgIpc) is 2.44. The zero-order valence-corrected chi connectivity index (χ0v) is 11.2. The van der Waals surface area contributed by atoms with Gasteiger partial charge in [0.15, 0.2) is 5.65 Å². The zero-order chi connectivity index (χ0) is 11.2. The van der Waals surface area contributed by atoms with Gasteiger partial charge in [-0.3, -0.25) is 0 Å². The Kier molecular flexibility index (Phi) is 2.92. The lowest BCUT2D eigenvalue weighted by Crippen LogP contribution is -1.93. The van der Waals surface area contributed by atoms with Crippen LogP contribution in [0.3, 0.4) is 0 Å². The first-order valence-electron chi connectivity index (χ1n) is 4.41. The van der Waals surface area contributed by atoms with Crippen LogP contribution in [0.1, 0.15) is 25.5 Å². The fourth-order valence-electron chi connectivity index (χ4n) is 1.31. The van der Waals surface area contributed by atoms with Crippen LogP contribution < -0.4 is 0 Å². The Bertz CT molecular complexity index is 522. The highest BCUT2D eigenvalue weighted by Crippen LogP contribution is 2.29. The van der Waals surface area contributed by atoms with Crippen LogP contribution in [0.2, 0.25) is 10.3 Å². The molecule has 15 heavy (non-hydrogen) atoms. The molecule has 0 N–H and O–H groups in total. The van der Waals surface area contributed by atoms with Gasteiger partial charge in [0.2, 0.25) is 0 Å². The molecule has 2 rings (SSSR count). The minimum atomic E-state index is 0.302. The summed E-state index contributed by atoms with van der Waals surface area (Å²) >= 11 is 15.3. The molecule has 2 aromatic heterocycles. The number of nitrogens with zero attached hydrogens (tertiary/aromatic N) is 3. The number of rotatable bonds is 1. The summed E-state index contributed by atoms with van der Waals surface area (Å²) in [5, 5.41) is 5.19. The Morgan fingerprint density at radius 2 is 2.07 bits per heavy atom. The van der Waals surface area contributed by atoms with Gasteiger partial charge in [-0.05, 0) is 21.8 Å². The minimum absolute atomic E-state index is 0.302. The van der Waals surface area contributed by atoms with Gasteiger partial charge in [-0.15, -0.1) is 0 Å². The third-order valence-corrected chi connectivity index (χ3v) is 3.25. The largest absolute Gasteiger partial charge is 0.216 e. The first-order chi connectivity index (χ1) is 7.00. The molecule has 80 valence electrons. The number of halogens is 3. The van der Waals surface area contributed by atoms with E-state index >= 15 is 0 Å². The number of hydrogen-bond acceptors (Lipinski definition) is 2. The molecular weight excluding hydrogens is 301 g/mol. The second-order valence-electron chi connectivity index (χ2n) is 3.49. The molecule has 3 nitrogen and oxygen atoms in total. The van der Waals surface area contributed by atoms with Crippen molar-refractivity contribution < 1.29 is 0 Å². The summed E-state index contributed by atoms with van der Waals surface area (Å²) < 4.78 is 2.43. The van der Waals surface area contributed by atoms with Crippen molar-refractivity contribution in [3.8, 4) is 0 Å². The lowest BCUT2D eigenvalue weighted by molar-refractivity contribution is 0.784. The van der Waals surface area contributed by atoms with Crippen molar-refractivity contribution in [3.63, 3.8) is 0 Å². The Labute approximate surface area is 106 Å². The summed E-state index contributed by atoms with van der Waals surface area (Å²) in [6.45, 7) is 4.12. The fraction of sp³-hybridized carbons (Fsp3) is 0.333. The standard InChI is InChI=1S/C9H8BrCl2N3/c1-4(2)8-7(10)9-13-5(11)3-6(12)15(9)14-8/h3-4H,1-2H3. The Hall–Kier alpha value is -0.320. The lowest BCUT2D eigenvalue weighted by Gasteiger charge is -1.97. The van der Waals surface area contributed by atoms with E-state index in [1.54, 1.807) is 10.6 Å². The van der Waals surface area contributed by atoms with E-state index in [4.69, 9.17) is 23.2 Å². The molecule has 0 radical (unpaired) electrons. The highest BCUT2D eigenvalue weighted by atomic mass is 79.9. The SMILES string of the molecule is CC(C)c1nn2c(Cl)cc(Cl)nc2c1Br. The van der Waals surface area contributed by atoms with E-state index in [2.05, 4.69) is 39.9 Å². The maximum absolute atomic E-state index is 6.01. The van der Waals surface area contributed by atoms with Crippen LogP contribution in [-0.2, 0) is 0 Å². The molecule has 0 amide bonds. The highest BCUT2D eigenvalue weighted by molar-refractivity contribution is 9.10. The number of hydrogen-bond donors (Lipinski definition) is 0. The fourth-order valence-corrected chi connectivity index (χ4v) is 2.57. The van der Waals surface area contributed by atoms with Crippen molar-refractivity contribution in [3.05, 3.63) is 26.5 Å². The molecule has 0 unspecified atom stereocenters. The van der Waals surface area contributed by atoms with Crippen molar-refractivity contribution in [2.45, 2.75) is 19.8 Å². The van der Waals surface area contributed by atoms with Crippen LogP contribution in [0, 0.1) is 0 Å². The first-order valence-corrected chi connectivity index (χ1v) is 5.95. The van der Waals surface area contributed by atoms with Crippen molar-refractivity contribution in [1.82, 2.24) is 14.6 Å². The van der Waals surface area contributed by atoms with Crippen molar-refractivity contribution >= 4 is 44.8 Å². The highest BCUT2D eigenvalue weighted by Gasteiger charge is 2.16. The lowest BCUT2D eigenvalue weighted by atomic mass is 10.1. The Balaban J connectivity index is 2.82. The monoisotopic (exact) mass is 307 g/mol. The number of fused-ring (bicyclic) bond motifs is 1. The van der Waals surface area contributed by atoms with Crippen LogP contribution in [0.25, 0.3) is 5.65 Å². The van der Waals surface area contributed by atoms with Gasteiger partial charge in [-0.1, -0.05) is 37.0 Å². The molecule has 0 atom stereocenters. The van der Waals surface area contributed by atoms with Crippen molar-refractivity contribution in [2.24, 2.45) is 0 Å². The Morgan fingerprint density at radius 1 is 1.40 bits per heavy atom. The summed E-state index contributed by atoms with van der Waals surface area (Å²) in [4.78, 5) is 4.17. The van der Waals surface area contributed by atoms with E-state index in [0.29, 0.717) is 21.9 Å². The molecule has 0 aliphatic rings. The van der Waals surface area contributed by atoms with Gasteiger partial charge in [0.1, 0.15) is 10.3 Å². The van der Waals surface area contributed by atoms with Gasteiger partial charge < -0.3 is 0 Å². The number of aromatic nitrogens is 3. The molecular formula is C9H8BrCl2N3. The zero-order valence-electron chi connectivity index (χ0n) is 8.13. The van der Waals surface area contributed by atoms with E-state index in [1.165, 1.54) is 0 Å². The normalized spacial score (nSPS) is 11.6. The van der Waals surface area contributed by atoms with Crippen LogP contribution in [0.4, 0.5) is 0 Å². The molecule has 0 saturated heterocycles. The van der Waals surface area contributed by atoms with E-state index < -0.39 is 0 Å². The maximum Gasteiger partial charge on any atom is 0.172 e. The molecule has 0 aliphatic heterocycles.